The van der Waals surface area contributed by atoms with Gasteiger partial charge in [0, 0.05) is 37.3 Å². The number of anilines is 1. The van der Waals surface area contributed by atoms with Gasteiger partial charge in [0.25, 0.3) is 0 Å². The van der Waals surface area contributed by atoms with Gasteiger partial charge in [-0.1, -0.05) is 30.3 Å². The Balaban J connectivity index is 1.66. The Morgan fingerprint density at radius 2 is 1.78 bits per heavy atom. The molecule has 1 saturated heterocycles. The van der Waals surface area contributed by atoms with Gasteiger partial charge in [-0.15, -0.1) is 0 Å². The molecule has 2 aromatic heterocycles. The fraction of sp³-hybridized carbons (Fsp3) is 0.462. The summed E-state index contributed by atoms with van der Waals surface area (Å²) in [6.07, 6.45) is -0.333. The Hall–Kier alpha value is -3.82. The van der Waals surface area contributed by atoms with Crippen LogP contribution in [0.2, 0.25) is 0 Å². The zero-order valence-electron chi connectivity index (χ0n) is 21.6. The van der Waals surface area contributed by atoms with Crippen molar-refractivity contribution in [1.82, 2.24) is 19.5 Å². The molecular formula is C26H33N5O5. The molecule has 1 aromatic carbocycles. The number of esters is 1. The van der Waals surface area contributed by atoms with Crippen molar-refractivity contribution in [2.45, 2.75) is 58.9 Å². The van der Waals surface area contributed by atoms with Crippen molar-refractivity contribution in [3.63, 3.8) is 0 Å². The molecule has 192 valence electrons. The lowest BCUT2D eigenvalue weighted by atomic mass is 10.1. The molecule has 0 bridgehead atoms. The molecule has 1 aliphatic heterocycles. The van der Waals surface area contributed by atoms with E-state index in [0.717, 1.165) is 5.56 Å². The van der Waals surface area contributed by atoms with Gasteiger partial charge in [0.15, 0.2) is 11.3 Å². The van der Waals surface area contributed by atoms with Crippen LogP contribution in [-0.2, 0) is 16.1 Å². The molecule has 0 aliphatic carbocycles. The van der Waals surface area contributed by atoms with E-state index in [-0.39, 0.29) is 23.9 Å². The second-order valence-corrected chi connectivity index (χ2v) is 10.0. The van der Waals surface area contributed by atoms with Crippen LogP contribution in [0.1, 0.15) is 50.7 Å². The molecule has 0 saturated carbocycles. The van der Waals surface area contributed by atoms with Crippen molar-refractivity contribution in [2.24, 2.45) is 0 Å². The summed E-state index contributed by atoms with van der Waals surface area (Å²) < 4.78 is 18.1. The molecule has 3 aromatic rings. The lowest BCUT2D eigenvalue weighted by Gasteiger charge is -2.45. The number of piperazine rings is 1. The van der Waals surface area contributed by atoms with Crippen LogP contribution >= 0.6 is 0 Å². The van der Waals surface area contributed by atoms with Gasteiger partial charge < -0.3 is 24.0 Å². The van der Waals surface area contributed by atoms with Gasteiger partial charge in [0.2, 0.25) is 5.88 Å². The van der Waals surface area contributed by atoms with Crippen LogP contribution < -0.4 is 9.64 Å². The van der Waals surface area contributed by atoms with Crippen LogP contribution in [-0.4, -0.2) is 69.4 Å². The van der Waals surface area contributed by atoms with Gasteiger partial charge in [-0.05, 0) is 40.2 Å². The highest BCUT2D eigenvalue weighted by Crippen LogP contribution is 2.28. The lowest BCUT2D eigenvalue weighted by molar-refractivity contribution is 0.0129. The summed E-state index contributed by atoms with van der Waals surface area (Å²) in [7, 11) is 1.31. The van der Waals surface area contributed by atoms with Gasteiger partial charge in [0.1, 0.15) is 18.0 Å². The minimum atomic E-state index is -0.571. The van der Waals surface area contributed by atoms with Crippen LogP contribution in [0.15, 0.2) is 42.5 Å². The predicted octanol–water partition coefficient (Wildman–Crippen LogP) is 3.93. The minimum Gasteiger partial charge on any atom is -0.473 e. The molecular weight excluding hydrogens is 462 g/mol. The average molecular weight is 496 g/mol. The third-order valence-electron chi connectivity index (χ3n) is 5.92. The molecule has 1 aliphatic rings. The van der Waals surface area contributed by atoms with E-state index < -0.39 is 11.6 Å². The SMILES string of the molecule is COC(=O)c1cc2nc(OCc3ccccc3)cc(N3C[C@@H](C)N(C(=O)OC(C)(C)C)C[C@@H]3C)n2n1. The van der Waals surface area contributed by atoms with Crippen molar-refractivity contribution in [3.05, 3.63) is 53.7 Å². The number of hydrogen-bond acceptors (Lipinski definition) is 8. The van der Waals surface area contributed by atoms with E-state index in [1.165, 1.54) is 7.11 Å². The summed E-state index contributed by atoms with van der Waals surface area (Å²) in [6, 6.07) is 13.0. The van der Waals surface area contributed by atoms with Gasteiger partial charge in [0.05, 0.1) is 7.11 Å². The molecule has 4 rings (SSSR count). The quantitative estimate of drug-likeness (QED) is 0.491. The number of fused-ring (bicyclic) bond motifs is 1. The topological polar surface area (TPSA) is 98.5 Å². The number of rotatable bonds is 5. The van der Waals surface area contributed by atoms with Crippen LogP contribution in [0.25, 0.3) is 5.65 Å². The third kappa shape index (κ3) is 5.53. The Kier molecular flexibility index (Phi) is 7.05. The predicted molar refractivity (Wildman–Crippen MR) is 134 cm³/mol. The van der Waals surface area contributed by atoms with E-state index in [9.17, 15) is 9.59 Å². The molecule has 2 atom stereocenters. The molecule has 10 nitrogen and oxygen atoms in total. The van der Waals surface area contributed by atoms with Crippen molar-refractivity contribution >= 4 is 23.5 Å². The summed E-state index contributed by atoms with van der Waals surface area (Å²) in [6.45, 7) is 10.9. The van der Waals surface area contributed by atoms with Crippen molar-refractivity contribution in [3.8, 4) is 5.88 Å². The zero-order valence-corrected chi connectivity index (χ0v) is 21.6. The van der Waals surface area contributed by atoms with Crippen molar-refractivity contribution in [1.29, 1.82) is 0 Å². The molecule has 3 heterocycles. The molecule has 36 heavy (non-hydrogen) atoms. The van der Waals surface area contributed by atoms with E-state index in [1.54, 1.807) is 15.5 Å². The Labute approximate surface area is 210 Å². The van der Waals surface area contributed by atoms with E-state index >= 15 is 0 Å². The third-order valence-corrected chi connectivity index (χ3v) is 5.92. The highest BCUT2D eigenvalue weighted by molar-refractivity contribution is 5.88. The van der Waals surface area contributed by atoms with E-state index in [1.807, 2.05) is 71.0 Å². The number of nitrogens with zero attached hydrogens (tertiary/aromatic N) is 5. The Bertz CT molecular complexity index is 1240. The molecule has 0 spiro atoms. The van der Waals surface area contributed by atoms with Crippen LogP contribution in [0.4, 0.5) is 10.6 Å². The molecule has 1 fully saturated rings. The normalized spacial score (nSPS) is 18.3. The number of carbonyl (C=O) groups is 2. The number of amides is 1. The maximum absolute atomic E-state index is 12.8. The first-order valence-corrected chi connectivity index (χ1v) is 12.0. The first-order chi connectivity index (χ1) is 17.1. The number of methoxy groups -OCH3 is 1. The average Bonchev–Trinajstić information content (AvgIpc) is 3.27. The fourth-order valence-electron chi connectivity index (χ4n) is 4.17. The summed E-state index contributed by atoms with van der Waals surface area (Å²) in [5, 5.41) is 4.46. The minimum absolute atomic E-state index is 0.0629. The first kappa shape index (κ1) is 25.3. The maximum Gasteiger partial charge on any atom is 0.410 e. The number of ether oxygens (including phenoxy) is 3. The van der Waals surface area contributed by atoms with Crippen LogP contribution in [0.3, 0.4) is 0 Å². The van der Waals surface area contributed by atoms with Gasteiger partial charge in [-0.2, -0.15) is 14.6 Å². The lowest BCUT2D eigenvalue weighted by Crippen LogP contribution is -2.59. The summed E-state index contributed by atoms with van der Waals surface area (Å²) in [5.74, 6) is 0.572. The molecule has 0 unspecified atom stereocenters. The fourth-order valence-corrected chi connectivity index (χ4v) is 4.17. The van der Waals surface area contributed by atoms with Gasteiger partial charge >= 0.3 is 12.1 Å². The molecule has 0 radical (unpaired) electrons. The summed E-state index contributed by atoms with van der Waals surface area (Å²) in [4.78, 5) is 33.4. The standard InChI is InChI=1S/C26H33N5O5/c1-17-15-30(25(33)36-26(3,4)5)18(2)14-29(17)23-13-22(35-16-19-10-8-7-9-11-19)27-21-12-20(24(32)34-6)28-31(21)23/h7-13,17-18H,14-16H2,1-6H3/t17-,18+/m0/s1. The smallest absolute Gasteiger partial charge is 0.410 e. The van der Waals surface area contributed by atoms with E-state index in [4.69, 9.17) is 14.2 Å². The van der Waals surface area contributed by atoms with Crippen LogP contribution in [0, 0.1) is 0 Å². The zero-order chi connectivity index (χ0) is 26.0. The number of hydrogen-bond donors (Lipinski definition) is 0. The second kappa shape index (κ2) is 10.0. The molecule has 1 amide bonds. The summed E-state index contributed by atoms with van der Waals surface area (Å²) in [5.41, 5.74) is 1.06. The van der Waals surface area contributed by atoms with Gasteiger partial charge in [-0.25, -0.2) is 9.59 Å². The van der Waals surface area contributed by atoms with E-state index in [0.29, 0.717) is 37.0 Å². The van der Waals surface area contributed by atoms with Crippen LogP contribution in [0.5, 0.6) is 5.88 Å². The number of carbonyl (C=O) groups excluding carboxylic acids is 2. The number of benzene rings is 1. The Morgan fingerprint density at radius 1 is 1.06 bits per heavy atom. The summed E-state index contributed by atoms with van der Waals surface area (Å²) >= 11 is 0. The van der Waals surface area contributed by atoms with Crippen molar-refractivity contribution < 1.29 is 23.8 Å². The number of aromatic nitrogens is 3. The van der Waals surface area contributed by atoms with Gasteiger partial charge in [-0.3, -0.25) is 0 Å². The highest BCUT2D eigenvalue weighted by atomic mass is 16.6. The Morgan fingerprint density at radius 3 is 2.44 bits per heavy atom. The highest BCUT2D eigenvalue weighted by Gasteiger charge is 2.36. The monoisotopic (exact) mass is 495 g/mol. The molecule has 0 N–H and O–H groups in total. The first-order valence-electron chi connectivity index (χ1n) is 12.0. The second-order valence-electron chi connectivity index (χ2n) is 10.0. The molecule has 10 heteroatoms. The largest absolute Gasteiger partial charge is 0.473 e. The van der Waals surface area contributed by atoms with E-state index in [2.05, 4.69) is 15.0 Å². The maximum atomic E-state index is 12.8. The van der Waals surface area contributed by atoms with Crippen molar-refractivity contribution in [2.75, 3.05) is 25.1 Å².